The number of carbonyl (C=O) groups excluding carboxylic acids is 8. The summed E-state index contributed by atoms with van der Waals surface area (Å²) in [6.07, 6.45) is 1.42. The van der Waals surface area contributed by atoms with Crippen LogP contribution in [0, 0.1) is 49.7 Å². The molecule has 5 unspecified atom stereocenters. The molecule has 0 bridgehead atoms. The van der Waals surface area contributed by atoms with Gasteiger partial charge >= 0.3 is 12.0 Å². The zero-order valence-electron chi connectivity index (χ0n) is 79.8. The van der Waals surface area contributed by atoms with E-state index < -0.39 is 84.4 Å². The highest BCUT2D eigenvalue weighted by atomic mass is 33.1. The number of carbonyl (C=O) groups is 8. The number of nitrogens with two attached hydrogens (primary N) is 1. The van der Waals surface area contributed by atoms with E-state index in [1.165, 1.54) is 31.6 Å². The van der Waals surface area contributed by atoms with Crippen molar-refractivity contribution < 1.29 is 102 Å². The summed E-state index contributed by atoms with van der Waals surface area (Å²) >= 11 is 0. The smallest absolute Gasteiger partial charge is 0.312 e. The number of urea groups is 1. The molecule has 1 aromatic carbocycles. The molecule has 6 N–H and O–H groups in total. The van der Waals surface area contributed by atoms with Crippen molar-refractivity contribution in [1.29, 1.82) is 0 Å². The minimum atomic E-state index is -5.06. The molecule has 0 fully saturated rings. The van der Waals surface area contributed by atoms with Gasteiger partial charge in [0.15, 0.2) is 18.4 Å². The van der Waals surface area contributed by atoms with Crippen LogP contribution < -0.4 is 36.9 Å². The van der Waals surface area contributed by atoms with Gasteiger partial charge in [0.1, 0.15) is 24.1 Å². The summed E-state index contributed by atoms with van der Waals surface area (Å²) in [7, 11) is -8.03. The number of phosphoric ester groups is 2. The first kappa shape index (κ1) is 124. The second kappa shape index (κ2) is 52.8. The van der Waals surface area contributed by atoms with Crippen molar-refractivity contribution in [3.8, 4) is 0 Å². The minimum Gasteiger partial charge on any atom is -0.756 e. The third-order valence-electron chi connectivity index (χ3n) is 14.8. The van der Waals surface area contributed by atoms with Crippen molar-refractivity contribution in [2.45, 2.75) is 361 Å². The fraction of sp³-hybridized carbons (Fsp3) is 0.807. The fourth-order valence-electron chi connectivity index (χ4n) is 7.21. The average Bonchev–Trinajstić information content (AvgIpc) is 0.842. The third-order valence-corrected chi connectivity index (χ3v) is 24.8. The molecule has 5 atom stereocenters. The number of hydrazone groups is 1. The van der Waals surface area contributed by atoms with Gasteiger partial charge in [-0.2, -0.15) is 5.10 Å². The number of benzene rings is 1. The Balaban J connectivity index is -0.000000464. The van der Waals surface area contributed by atoms with Crippen LogP contribution in [0.4, 0.5) is 10.5 Å². The van der Waals surface area contributed by atoms with Crippen LogP contribution in [-0.4, -0.2) is 135 Å². The number of Topliss-reactive ketones (excluding diaryl/α,β-unsaturated/α-hetero) is 3. The summed E-state index contributed by atoms with van der Waals surface area (Å²) in [6, 6.07) is 5.51. The Morgan fingerprint density at radius 2 is 1.04 bits per heavy atom. The molecule has 1 aromatic rings. The number of nitrogens with zero attached hydrogens (tertiary/aromatic N) is 2. The normalized spacial score (nSPS) is 14.8. The molecular weight excluding hydrogens is 1670 g/mol. The maximum absolute atomic E-state index is 13.3. The van der Waals surface area contributed by atoms with Crippen LogP contribution in [0.2, 0.25) is 0 Å². The number of phosphoric acid groups is 2. The molecule has 29 nitrogen and oxygen atoms in total. The van der Waals surface area contributed by atoms with Crippen LogP contribution in [0.15, 0.2) is 34.5 Å². The molecular formula is C83H156N7O22P2S5-3. The lowest BCUT2D eigenvalue weighted by Crippen LogP contribution is -2.49. The molecule has 698 valence electrons. The molecule has 0 saturated heterocycles. The Labute approximate surface area is 733 Å². The number of ether oxygens (including phenoxy) is 2. The van der Waals surface area contributed by atoms with Crippen molar-refractivity contribution in [3.63, 3.8) is 0 Å². The summed E-state index contributed by atoms with van der Waals surface area (Å²) in [5.41, 5.74) is 6.55. The van der Waals surface area contributed by atoms with Crippen LogP contribution in [0.5, 0.6) is 0 Å². The Morgan fingerprint density at radius 3 is 1.42 bits per heavy atom. The Kier molecular flexibility index (Phi) is 54.8. The molecule has 119 heavy (non-hydrogen) atoms. The number of rotatable bonds is 33. The molecule has 0 aromatic heterocycles. The first-order valence-electron chi connectivity index (χ1n) is 39.7. The Hall–Kier alpha value is -3.99. The topological polar surface area (TPSA) is 437 Å². The van der Waals surface area contributed by atoms with Crippen LogP contribution >= 0.6 is 58.8 Å². The van der Waals surface area contributed by atoms with Crippen molar-refractivity contribution in [2.24, 2.45) is 65.7 Å². The van der Waals surface area contributed by atoms with Gasteiger partial charge in [-0.15, -0.1) is 0 Å². The lowest BCUT2D eigenvalue weighted by Gasteiger charge is -2.34. The van der Waals surface area contributed by atoms with Gasteiger partial charge < -0.3 is 54.9 Å². The number of hydrogen-bond acceptors (Lipinski definition) is 28. The largest absolute Gasteiger partial charge is 0.756 e. The van der Waals surface area contributed by atoms with Gasteiger partial charge in [0.25, 0.3) is 15.6 Å². The van der Waals surface area contributed by atoms with E-state index in [0.29, 0.717) is 34.8 Å². The van der Waals surface area contributed by atoms with Crippen molar-refractivity contribution in [2.75, 3.05) is 30.2 Å². The van der Waals surface area contributed by atoms with Gasteiger partial charge in [-0.1, -0.05) is 240 Å². The zero-order valence-corrected chi connectivity index (χ0v) is 85.7. The van der Waals surface area contributed by atoms with E-state index in [4.69, 9.17) is 20.0 Å². The Morgan fingerprint density at radius 1 is 0.571 bits per heavy atom. The first-order chi connectivity index (χ1) is 52.6. The summed E-state index contributed by atoms with van der Waals surface area (Å²) < 4.78 is 82.5. The van der Waals surface area contributed by atoms with E-state index in [9.17, 15) is 70.2 Å². The predicted molar refractivity (Wildman–Crippen MR) is 485 cm³/mol. The maximum Gasteiger partial charge on any atom is 0.312 e. The highest BCUT2D eigenvalue weighted by Crippen LogP contribution is 2.57. The van der Waals surface area contributed by atoms with Gasteiger partial charge in [0.2, 0.25) is 28.1 Å². The molecule has 0 saturated carbocycles. The van der Waals surface area contributed by atoms with Crippen molar-refractivity contribution in [1.82, 2.24) is 16.1 Å². The highest BCUT2D eigenvalue weighted by molar-refractivity contribution is 8.77. The molecule has 0 aliphatic rings. The lowest BCUT2D eigenvalue weighted by atomic mass is 9.87. The van der Waals surface area contributed by atoms with Gasteiger partial charge in [-0.3, -0.25) is 51.4 Å². The number of oxime groups is 1. The van der Waals surface area contributed by atoms with Crippen LogP contribution in [-0.2, 0) is 91.6 Å². The van der Waals surface area contributed by atoms with E-state index in [2.05, 4.69) is 132 Å². The minimum absolute atomic E-state index is 0.00512. The standard InChI is InChI=1S/C29H46N4O6.C12H24O5S3.C12H24OS2.C11H22N2O.C10H21NO.C9H22O8P2/c1-18(2)23(33-25(36)28(3,4)5)22(34)16-20(10-9-15-31-27(30)38)24(35)32-21-13-11-19(12-14-21)17-39-26(37)29(6,7)8;1-11(2,3)10(13)9(17-20(14,15)16)7-8-18-19-12(4,5)6;1-11(2,3)10(13)8-7-9-14-15-12(4,5)6;1-8(10(2,3)4)12-13-9(14)11(5,6)7;1-8(9(2,3)4)11-12-10(5,6)7;1-8(2,3)14-7-15-18(10,11)17-19(12,13)16-9(4,5)6/h11-14,18,20,23H,9-10,15-17H2,1-8H3,(H,32,35)(H,33,36)(H3,30,31,38);9H,7-8H2,1-6H3,(H,14,15,16);7-9H2,1-6H3;1-7H3,(H,13,14);1-7H3;7H2,1-6H3,(H,10,11)(H,12,13)/p-3/b;;;12-8+;11-8+;. The molecule has 0 aliphatic carbocycles. The second-order valence-corrected chi connectivity index (χ2v) is 51.3. The number of esters is 1. The Bertz CT molecular complexity index is 3550. The number of nitrogens with one attached hydrogen (secondary N) is 4. The summed E-state index contributed by atoms with van der Waals surface area (Å²) in [5.74, 6) is -0.431. The summed E-state index contributed by atoms with van der Waals surface area (Å²) in [5, 5.41) is 16.3. The molecule has 0 spiro atoms. The number of ketones is 3. The molecule has 0 heterocycles. The molecule has 0 radical (unpaired) electrons. The van der Waals surface area contributed by atoms with Gasteiger partial charge in [0.05, 0.1) is 28.4 Å². The monoisotopic (exact) mass is 1820 g/mol. The van der Waals surface area contributed by atoms with Gasteiger partial charge in [-0.25, -0.2) is 22.9 Å². The van der Waals surface area contributed by atoms with Crippen LogP contribution in [0.3, 0.4) is 0 Å². The summed E-state index contributed by atoms with van der Waals surface area (Å²) in [4.78, 5) is 125. The van der Waals surface area contributed by atoms with Crippen molar-refractivity contribution >= 4 is 133 Å². The second-order valence-electron chi connectivity index (χ2n) is 40.9. The van der Waals surface area contributed by atoms with Crippen molar-refractivity contribution in [3.05, 3.63) is 29.8 Å². The average molecular weight is 1830 g/mol. The van der Waals surface area contributed by atoms with E-state index in [1.807, 2.05) is 112 Å². The van der Waals surface area contributed by atoms with Gasteiger partial charge in [0, 0.05) is 90.2 Å². The first-order valence-corrected chi connectivity index (χ1v) is 48.6. The number of amides is 5. The maximum atomic E-state index is 13.3. The predicted octanol–water partition coefficient (Wildman–Crippen LogP) is 18.8. The third kappa shape index (κ3) is 71.9. The lowest BCUT2D eigenvalue weighted by molar-refractivity contribution is -0.253. The zero-order chi connectivity index (χ0) is 95.4. The van der Waals surface area contributed by atoms with Crippen LogP contribution in [0.1, 0.15) is 321 Å². The molecule has 5 amide bonds. The number of anilines is 1. The quantitative estimate of drug-likeness (QED) is 0.00502. The van der Waals surface area contributed by atoms with Gasteiger partial charge in [-0.05, 0) is 146 Å². The van der Waals surface area contributed by atoms with E-state index in [1.54, 1.807) is 118 Å². The van der Waals surface area contributed by atoms with E-state index in [0.717, 1.165) is 35.6 Å². The molecule has 36 heteroatoms. The highest BCUT2D eigenvalue weighted by Gasteiger charge is 2.35. The molecule has 0 aliphatic heterocycles. The number of hydrogen-bond donors (Lipinski definition) is 5. The number of primary amides is 1. The van der Waals surface area contributed by atoms with E-state index in [-0.39, 0.29) is 99.2 Å². The molecule has 1 rings (SSSR count). The van der Waals surface area contributed by atoms with Crippen LogP contribution in [0.25, 0.3) is 0 Å². The SMILES string of the molecule is C/C(=N\NC(=O)C(C)(C)C)C(C)(C)C.C/C(=N\OC(C)(C)C)C(C)(C)C.CC(C)(C)OCOP(=O)([O-])OP(=O)([O-])OC(C)(C)C.CC(C)(C)SSCCC(OS(=O)(=O)[O-])C(=O)C(C)(C)C.CC(C)(C)SSCCCC(=O)C(C)(C)C.CC(C)C(NC(=O)C(C)(C)C)C(=O)CC(CCCNC(N)=O)C(=O)Nc1ccc(COC(=O)C(C)(C)C)cc1. The fourth-order valence-corrected chi connectivity index (χ4v) is 14.5. The summed E-state index contributed by atoms with van der Waals surface area (Å²) in [6.45, 7) is 75.2. The van der Waals surface area contributed by atoms with E-state index >= 15 is 0 Å².